The molecule has 2 unspecified atom stereocenters. The summed E-state index contributed by atoms with van der Waals surface area (Å²) in [7, 11) is 1.70. The van der Waals surface area contributed by atoms with Gasteiger partial charge in [0.2, 0.25) is 0 Å². The minimum absolute atomic E-state index is 0.0732. The molecule has 6 nitrogen and oxygen atoms in total. The van der Waals surface area contributed by atoms with Crippen molar-refractivity contribution in [2.24, 2.45) is 7.05 Å². The third kappa shape index (κ3) is 3.45. The minimum atomic E-state index is -1.49. The summed E-state index contributed by atoms with van der Waals surface area (Å²) < 4.78 is 45.0. The number of aromatic nitrogens is 4. The minimum Gasteiger partial charge on any atom is -0.327 e. The number of rotatable bonds is 3. The lowest BCUT2D eigenvalue weighted by atomic mass is 9.81. The van der Waals surface area contributed by atoms with Gasteiger partial charge in [-0.15, -0.1) is 0 Å². The highest BCUT2D eigenvalue weighted by atomic mass is 19.2. The van der Waals surface area contributed by atoms with Crippen LogP contribution in [0.3, 0.4) is 0 Å². The van der Waals surface area contributed by atoms with Crippen LogP contribution in [0.4, 0.5) is 13.2 Å². The molecule has 2 aliphatic heterocycles. The zero-order valence-electron chi connectivity index (χ0n) is 19.0. The maximum Gasteiger partial charge on any atom is 0.256 e. The molecule has 0 aliphatic carbocycles. The molecule has 4 aromatic rings. The second-order valence-electron chi connectivity index (χ2n) is 9.10. The van der Waals surface area contributed by atoms with Crippen molar-refractivity contribution >= 4 is 5.91 Å². The van der Waals surface area contributed by atoms with Gasteiger partial charge in [0.05, 0.1) is 23.0 Å². The molecule has 0 saturated carbocycles. The van der Waals surface area contributed by atoms with Gasteiger partial charge in [-0.25, -0.2) is 18.2 Å². The first-order valence-electron chi connectivity index (χ1n) is 11.5. The van der Waals surface area contributed by atoms with Gasteiger partial charge in [0.1, 0.15) is 5.82 Å². The normalized spacial score (nSPS) is 19.0. The number of piperidine rings is 1. The van der Waals surface area contributed by atoms with E-state index < -0.39 is 17.5 Å². The highest BCUT2D eigenvalue weighted by Crippen LogP contribution is 2.45. The molecule has 1 fully saturated rings. The van der Waals surface area contributed by atoms with Crippen LogP contribution in [-0.2, 0) is 13.5 Å². The summed E-state index contributed by atoms with van der Waals surface area (Å²) >= 11 is 0. The number of pyridine rings is 1. The topological polar surface area (TPSA) is 56.0 Å². The molecular formula is C26H22F3N5O. The lowest BCUT2D eigenvalue weighted by Crippen LogP contribution is -2.49. The van der Waals surface area contributed by atoms with E-state index in [0.717, 1.165) is 48.5 Å². The molecule has 5 heterocycles. The molecule has 178 valence electrons. The van der Waals surface area contributed by atoms with Crippen molar-refractivity contribution < 1.29 is 18.0 Å². The Kier molecular flexibility index (Phi) is 5.01. The molecule has 0 radical (unpaired) electrons. The molecule has 9 heteroatoms. The van der Waals surface area contributed by atoms with E-state index in [4.69, 9.17) is 0 Å². The monoisotopic (exact) mass is 477 g/mol. The number of hydrogen-bond acceptors (Lipinski definition) is 3. The number of aryl methyl sites for hydroxylation is 1. The summed E-state index contributed by atoms with van der Waals surface area (Å²) in [6.07, 6.45) is 8.39. The second kappa shape index (κ2) is 8.11. The molecule has 6 rings (SSSR count). The van der Waals surface area contributed by atoms with Crippen LogP contribution in [0.1, 0.15) is 46.9 Å². The van der Waals surface area contributed by atoms with Crippen LogP contribution in [0.25, 0.3) is 17.1 Å². The second-order valence-corrected chi connectivity index (χ2v) is 9.10. The molecule has 0 spiro atoms. The first-order chi connectivity index (χ1) is 16.9. The third-order valence-corrected chi connectivity index (χ3v) is 7.03. The lowest BCUT2D eigenvalue weighted by molar-refractivity contribution is 0.0391. The Morgan fingerprint density at radius 3 is 2.49 bits per heavy atom. The first-order valence-corrected chi connectivity index (χ1v) is 11.5. The fourth-order valence-electron chi connectivity index (χ4n) is 5.50. The van der Waals surface area contributed by atoms with Gasteiger partial charge in [0.15, 0.2) is 17.5 Å². The largest absolute Gasteiger partial charge is 0.327 e. The predicted octanol–water partition coefficient (Wildman–Crippen LogP) is 4.98. The summed E-state index contributed by atoms with van der Waals surface area (Å²) in [5.74, 6) is -3.35. The van der Waals surface area contributed by atoms with Gasteiger partial charge in [0, 0.05) is 42.8 Å². The van der Waals surface area contributed by atoms with E-state index in [-0.39, 0.29) is 23.6 Å². The van der Waals surface area contributed by atoms with Crippen LogP contribution >= 0.6 is 0 Å². The highest BCUT2D eigenvalue weighted by Gasteiger charge is 2.43. The zero-order valence-corrected chi connectivity index (χ0v) is 19.0. The fraction of sp³-hybridized carbons (Fsp3) is 0.269. The van der Waals surface area contributed by atoms with Crippen LogP contribution in [0.5, 0.6) is 0 Å². The van der Waals surface area contributed by atoms with E-state index in [1.54, 1.807) is 24.0 Å². The van der Waals surface area contributed by atoms with Gasteiger partial charge in [-0.3, -0.25) is 9.48 Å². The fourth-order valence-corrected chi connectivity index (χ4v) is 5.50. The molecule has 1 aromatic carbocycles. The van der Waals surface area contributed by atoms with Crippen molar-refractivity contribution in [1.29, 1.82) is 0 Å². The summed E-state index contributed by atoms with van der Waals surface area (Å²) in [6, 6.07) is 9.09. The van der Waals surface area contributed by atoms with Crippen LogP contribution in [0.15, 0.2) is 55.0 Å². The van der Waals surface area contributed by atoms with Gasteiger partial charge in [0.25, 0.3) is 5.91 Å². The molecular weight excluding hydrogens is 455 g/mol. The Morgan fingerprint density at radius 2 is 1.80 bits per heavy atom. The molecule has 2 atom stereocenters. The Morgan fingerprint density at radius 1 is 1.06 bits per heavy atom. The highest BCUT2D eigenvalue weighted by molar-refractivity contribution is 5.95. The van der Waals surface area contributed by atoms with E-state index in [2.05, 4.69) is 10.1 Å². The van der Waals surface area contributed by atoms with Crippen molar-refractivity contribution in [2.45, 2.75) is 37.8 Å². The van der Waals surface area contributed by atoms with E-state index in [1.807, 2.05) is 40.1 Å². The van der Waals surface area contributed by atoms with Gasteiger partial charge in [-0.1, -0.05) is 0 Å². The van der Waals surface area contributed by atoms with Crippen LogP contribution in [-0.4, -0.2) is 36.2 Å². The predicted molar refractivity (Wildman–Crippen MR) is 122 cm³/mol. The molecule has 3 aromatic heterocycles. The van der Waals surface area contributed by atoms with Crippen molar-refractivity contribution in [3.63, 3.8) is 0 Å². The zero-order chi connectivity index (χ0) is 24.3. The van der Waals surface area contributed by atoms with Crippen molar-refractivity contribution in [2.75, 3.05) is 0 Å². The van der Waals surface area contributed by atoms with Gasteiger partial charge < -0.3 is 9.47 Å². The van der Waals surface area contributed by atoms with Crippen molar-refractivity contribution in [1.82, 2.24) is 24.2 Å². The standard InChI is InChI=1S/C26H22F3N5O/c1-32-25(16-11-19(27)23(29)20(28)12-16)18-13-17-5-4-6-21(24(18)31-32)34(17)26(35)15-7-8-22(30-14-15)33-9-2-3-10-33/h2-3,7-12,14,17,21H,4-6,13H2,1H3. The van der Waals surface area contributed by atoms with E-state index in [1.165, 1.54) is 0 Å². The average Bonchev–Trinajstić information content (AvgIpc) is 3.50. The Balaban J connectivity index is 1.37. The number of amides is 1. The summed E-state index contributed by atoms with van der Waals surface area (Å²) in [4.78, 5) is 20.0. The van der Waals surface area contributed by atoms with E-state index >= 15 is 0 Å². The number of carbonyl (C=O) groups excluding carboxylic acids is 1. The number of nitrogens with zero attached hydrogens (tertiary/aromatic N) is 5. The number of benzene rings is 1. The quantitative estimate of drug-likeness (QED) is 0.391. The number of halogens is 3. The van der Waals surface area contributed by atoms with E-state index in [9.17, 15) is 18.0 Å². The average molecular weight is 477 g/mol. The maximum absolute atomic E-state index is 14.0. The SMILES string of the molecule is Cn1nc2c(c1-c1cc(F)c(F)c(F)c1)CC1CCCC2N1C(=O)c1ccc(-n2cccc2)nc1. The molecule has 1 saturated heterocycles. The Bertz CT molecular complexity index is 1410. The number of fused-ring (bicyclic) bond motifs is 4. The van der Waals surface area contributed by atoms with Gasteiger partial charge in [-0.2, -0.15) is 5.10 Å². The van der Waals surface area contributed by atoms with Crippen LogP contribution in [0, 0.1) is 17.5 Å². The van der Waals surface area contributed by atoms with Gasteiger partial charge in [-0.05, 0) is 62.1 Å². The van der Waals surface area contributed by atoms with Crippen LogP contribution in [0.2, 0.25) is 0 Å². The molecule has 0 N–H and O–H groups in total. The van der Waals surface area contributed by atoms with E-state index in [0.29, 0.717) is 17.7 Å². The molecule has 2 bridgehead atoms. The third-order valence-electron chi connectivity index (χ3n) is 7.03. The first kappa shape index (κ1) is 21.6. The lowest BCUT2D eigenvalue weighted by Gasteiger charge is -2.45. The number of carbonyl (C=O) groups is 1. The Labute approximate surface area is 199 Å². The molecule has 1 amide bonds. The van der Waals surface area contributed by atoms with Gasteiger partial charge >= 0.3 is 0 Å². The smallest absolute Gasteiger partial charge is 0.256 e. The van der Waals surface area contributed by atoms with Crippen molar-refractivity contribution in [3.8, 4) is 17.1 Å². The van der Waals surface area contributed by atoms with Crippen LogP contribution < -0.4 is 0 Å². The number of hydrogen-bond donors (Lipinski definition) is 0. The van der Waals surface area contributed by atoms with Crippen molar-refractivity contribution in [3.05, 3.63) is 89.3 Å². The summed E-state index contributed by atoms with van der Waals surface area (Å²) in [5.41, 5.74) is 2.88. The maximum atomic E-state index is 14.0. The summed E-state index contributed by atoms with van der Waals surface area (Å²) in [5, 5.41) is 4.67. The Hall–Kier alpha value is -3.88. The molecule has 2 aliphatic rings. The molecule has 35 heavy (non-hydrogen) atoms. The summed E-state index contributed by atoms with van der Waals surface area (Å²) in [6.45, 7) is 0.